The summed E-state index contributed by atoms with van der Waals surface area (Å²) in [7, 11) is 23.3. The number of imide groups is 1. The number of rotatable bonds is 5. The third kappa shape index (κ3) is 4.34. The summed E-state index contributed by atoms with van der Waals surface area (Å²) >= 11 is 5.76. The molecule has 4 rings (SSSR count). The fraction of sp³-hybridized carbons (Fsp3) is 0.273. The fourth-order valence-electron chi connectivity index (χ4n) is 4.14. The number of carbonyl (C=O) groups is 4. The van der Waals surface area contributed by atoms with E-state index in [1.54, 1.807) is 0 Å². The van der Waals surface area contributed by atoms with Crippen molar-refractivity contribution in [2.45, 2.75) is 36.7 Å². The number of benzene rings is 2. The first kappa shape index (κ1) is 26.0. The first-order valence-corrected chi connectivity index (χ1v) is 11.0. The molecule has 1 atom stereocenters. The molecule has 1 fully saturated rings. The second-order valence-corrected chi connectivity index (χ2v) is 8.99. The van der Waals surface area contributed by atoms with Crippen LogP contribution in [0, 0.1) is 0 Å². The molecule has 2 aromatic carbocycles. The maximum absolute atomic E-state index is 15.0. The van der Waals surface area contributed by atoms with Crippen LogP contribution in [0.15, 0.2) is 36.4 Å². The predicted octanol–water partition coefficient (Wildman–Crippen LogP) is 0.0462. The molecule has 0 aliphatic carbocycles. The van der Waals surface area contributed by atoms with Crippen LogP contribution < -0.4 is 10.8 Å². The molecule has 1 N–H and O–H groups in total. The SMILES string of the molecule is [B]c1cc(C(F)(F)C(=O)N([B])C([B])([B])c2ccc3c(c2)CN(C2CCC(=O)NC2=O)C3=O)ccc1Cl. The summed E-state index contributed by atoms with van der Waals surface area (Å²) in [5, 5.41) is -0.186. The molecule has 0 aromatic heterocycles. The Bertz CT molecular complexity index is 1310. The van der Waals surface area contributed by atoms with Crippen LogP contribution >= 0.6 is 11.6 Å². The number of alkyl halides is 2. The predicted molar refractivity (Wildman–Crippen MR) is 129 cm³/mol. The van der Waals surface area contributed by atoms with Crippen LogP contribution in [0.4, 0.5) is 8.78 Å². The highest BCUT2D eigenvalue weighted by Crippen LogP contribution is 2.35. The van der Waals surface area contributed by atoms with Crippen molar-refractivity contribution in [3.05, 3.63) is 63.7 Å². The smallest absolute Gasteiger partial charge is 0.348 e. The highest BCUT2D eigenvalue weighted by Gasteiger charge is 2.46. The van der Waals surface area contributed by atoms with Gasteiger partial charge in [0.05, 0.1) is 15.7 Å². The zero-order valence-electron chi connectivity index (χ0n) is 18.6. The topological polar surface area (TPSA) is 86.8 Å². The zero-order valence-corrected chi connectivity index (χ0v) is 19.4. The van der Waals surface area contributed by atoms with Gasteiger partial charge in [0, 0.05) is 29.1 Å². The van der Waals surface area contributed by atoms with Gasteiger partial charge in [-0.2, -0.15) is 8.78 Å². The van der Waals surface area contributed by atoms with E-state index in [0.29, 0.717) is 5.56 Å². The number of nitrogens with zero attached hydrogens (tertiary/aromatic N) is 2. The van der Waals surface area contributed by atoms with Gasteiger partial charge in [0.15, 0.2) is 0 Å². The average Bonchev–Trinajstić information content (AvgIpc) is 3.15. The van der Waals surface area contributed by atoms with E-state index in [2.05, 4.69) is 5.32 Å². The normalized spacial score (nSPS) is 18.1. The molecule has 7 nitrogen and oxygen atoms in total. The molecule has 1 saturated heterocycles. The number of fused-ring (bicyclic) bond motifs is 1. The van der Waals surface area contributed by atoms with Crippen LogP contribution in [0.2, 0.25) is 5.02 Å². The Morgan fingerprint density at radius 2 is 1.78 bits per heavy atom. The van der Waals surface area contributed by atoms with Crippen LogP contribution in [0.25, 0.3) is 0 Å². The minimum atomic E-state index is -4.15. The quantitative estimate of drug-likeness (QED) is 0.464. The van der Waals surface area contributed by atoms with Gasteiger partial charge in [-0.25, -0.2) is 0 Å². The lowest BCUT2D eigenvalue weighted by Gasteiger charge is -2.40. The second kappa shape index (κ2) is 9.10. The maximum atomic E-state index is 15.0. The maximum Gasteiger partial charge on any atom is 0.348 e. The molecule has 2 aliphatic rings. The minimum Gasteiger partial charge on any atom is -0.398 e. The van der Waals surface area contributed by atoms with Crippen molar-refractivity contribution in [3.63, 3.8) is 0 Å². The molecule has 8 radical (unpaired) electrons. The van der Waals surface area contributed by atoms with E-state index in [0.717, 1.165) is 18.2 Å². The molecule has 4 amide bonds. The highest BCUT2D eigenvalue weighted by molar-refractivity contribution is 6.45. The van der Waals surface area contributed by atoms with Crippen LogP contribution in [-0.2, 0) is 32.2 Å². The summed E-state index contributed by atoms with van der Waals surface area (Å²) in [6.07, 6.45) is 0.235. The molecule has 36 heavy (non-hydrogen) atoms. The van der Waals surface area contributed by atoms with Crippen molar-refractivity contribution in [2.75, 3.05) is 0 Å². The van der Waals surface area contributed by atoms with Crippen LogP contribution in [0.3, 0.4) is 0 Å². The second-order valence-electron chi connectivity index (χ2n) is 8.58. The summed E-state index contributed by atoms with van der Waals surface area (Å²) in [6.45, 7) is -0.0247. The number of halogens is 3. The Hall–Kier alpha value is -3.07. The van der Waals surface area contributed by atoms with E-state index in [9.17, 15) is 28.0 Å². The Morgan fingerprint density at radius 1 is 1.11 bits per heavy atom. The van der Waals surface area contributed by atoms with Gasteiger partial charge < -0.3 is 9.71 Å². The van der Waals surface area contributed by atoms with Gasteiger partial charge in [-0.05, 0) is 35.0 Å². The molecule has 1 unspecified atom stereocenters. The summed E-state index contributed by atoms with van der Waals surface area (Å²) in [6, 6.07) is 5.99. The lowest BCUT2D eigenvalue weighted by molar-refractivity contribution is -0.155. The van der Waals surface area contributed by atoms with E-state index in [-0.39, 0.29) is 45.8 Å². The average molecular weight is 501 g/mol. The lowest BCUT2D eigenvalue weighted by atomic mass is 9.55. The van der Waals surface area contributed by atoms with Crippen molar-refractivity contribution in [2.24, 2.45) is 0 Å². The molecule has 0 spiro atoms. The van der Waals surface area contributed by atoms with Gasteiger partial charge in [-0.15, -0.1) is 0 Å². The molecular formula is C22H14B4ClF2N3O4. The van der Waals surface area contributed by atoms with E-state index in [1.807, 2.05) is 0 Å². The van der Waals surface area contributed by atoms with E-state index < -0.39 is 46.5 Å². The molecular weight excluding hydrogens is 487 g/mol. The van der Waals surface area contributed by atoms with E-state index >= 15 is 0 Å². The van der Waals surface area contributed by atoms with Gasteiger partial charge in [0.2, 0.25) is 19.8 Å². The van der Waals surface area contributed by atoms with Crippen LogP contribution in [0.1, 0.15) is 39.9 Å². The van der Waals surface area contributed by atoms with Crippen LogP contribution in [0.5, 0.6) is 0 Å². The molecule has 0 saturated carbocycles. The van der Waals surface area contributed by atoms with Gasteiger partial charge in [-0.3, -0.25) is 24.5 Å². The molecule has 2 aromatic rings. The highest BCUT2D eigenvalue weighted by atomic mass is 35.5. The number of amides is 4. The first-order valence-electron chi connectivity index (χ1n) is 10.6. The number of hydrogen-bond acceptors (Lipinski definition) is 4. The third-order valence-electron chi connectivity index (χ3n) is 6.23. The number of hydrogen-bond donors (Lipinski definition) is 1. The molecule has 2 aliphatic heterocycles. The summed E-state index contributed by atoms with van der Waals surface area (Å²) in [4.78, 5) is 50.5. The monoisotopic (exact) mass is 501 g/mol. The Labute approximate surface area is 215 Å². The zero-order chi connectivity index (χ0) is 26.6. The van der Waals surface area contributed by atoms with Gasteiger partial charge in [0.1, 0.15) is 13.9 Å². The van der Waals surface area contributed by atoms with Crippen LogP contribution in [-0.4, -0.2) is 70.9 Å². The third-order valence-corrected chi connectivity index (χ3v) is 6.57. The fourth-order valence-corrected chi connectivity index (χ4v) is 4.26. The summed E-state index contributed by atoms with van der Waals surface area (Å²) < 4.78 is 29.9. The van der Waals surface area contributed by atoms with Gasteiger partial charge in [0.25, 0.3) is 11.8 Å². The number of piperidine rings is 1. The molecule has 14 heteroatoms. The summed E-state index contributed by atoms with van der Waals surface area (Å²) in [5.41, 5.74) is -0.348. The Morgan fingerprint density at radius 3 is 2.42 bits per heavy atom. The van der Waals surface area contributed by atoms with Crippen molar-refractivity contribution < 1.29 is 28.0 Å². The largest absolute Gasteiger partial charge is 0.398 e. The Kier molecular flexibility index (Phi) is 6.58. The molecule has 2 heterocycles. The summed E-state index contributed by atoms with van der Waals surface area (Å²) in [5.74, 6) is -7.53. The first-order chi connectivity index (χ1) is 16.7. The standard InChI is InChI=1S/C22H14B4ClF2N3O4/c23-14-8-11(2-4-15(14)27)21(28,29)20(36)32(26)22(24,25)12-1-3-13-10(7-12)9-31(19(13)35)16-5-6-17(33)30-18(16)34/h1-4,7-8,16H,5-6,9H2,(H,30,33,34). The van der Waals surface area contributed by atoms with E-state index in [1.165, 1.54) is 23.1 Å². The van der Waals surface area contributed by atoms with Gasteiger partial charge >= 0.3 is 5.92 Å². The minimum absolute atomic E-state index is 0.00819. The van der Waals surface area contributed by atoms with Crippen molar-refractivity contribution >= 4 is 72.2 Å². The Balaban J connectivity index is 1.58. The molecule has 174 valence electrons. The lowest BCUT2D eigenvalue weighted by Crippen LogP contribution is -2.54. The van der Waals surface area contributed by atoms with E-state index in [4.69, 9.17) is 43.1 Å². The molecule has 0 bridgehead atoms. The van der Waals surface area contributed by atoms with Gasteiger partial charge in [-0.1, -0.05) is 41.3 Å². The van der Waals surface area contributed by atoms with Crippen molar-refractivity contribution in [3.8, 4) is 0 Å². The number of carbonyl (C=O) groups excluding carboxylic acids is 4. The van der Waals surface area contributed by atoms with Crippen molar-refractivity contribution in [1.29, 1.82) is 0 Å². The number of nitrogens with one attached hydrogen (secondary N) is 1. The van der Waals surface area contributed by atoms with Crippen molar-refractivity contribution in [1.82, 2.24) is 15.0 Å².